The molecule has 0 N–H and O–H groups in total. The summed E-state index contributed by atoms with van der Waals surface area (Å²) in [5.74, 6) is 0.0301. The molecule has 0 unspecified atom stereocenters. The zero-order valence-electron chi connectivity index (χ0n) is 23.9. The lowest BCUT2D eigenvalue weighted by atomic mass is 9.97. The number of carbonyl (C=O) groups excluding carboxylic acids is 1. The first-order chi connectivity index (χ1) is 20.6. The van der Waals surface area contributed by atoms with E-state index in [1.54, 1.807) is 48.2 Å². The van der Waals surface area contributed by atoms with E-state index in [4.69, 9.17) is 32.9 Å². The lowest BCUT2D eigenvalue weighted by Crippen LogP contribution is -2.45. The van der Waals surface area contributed by atoms with Gasteiger partial charge in [-0.05, 0) is 91.0 Å². The summed E-state index contributed by atoms with van der Waals surface area (Å²) in [6.45, 7) is 7.15. The Labute approximate surface area is 274 Å². The van der Waals surface area contributed by atoms with Crippen LogP contribution < -0.4 is 0 Å². The zero-order valence-corrected chi connectivity index (χ0v) is 27.6. The van der Waals surface area contributed by atoms with Gasteiger partial charge in [-0.15, -0.1) is 0 Å². The molecule has 9 nitrogen and oxygen atoms in total. The number of carbonyl (C=O) groups is 1. The second-order valence-corrected chi connectivity index (χ2v) is 12.9. The summed E-state index contributed by atoms with van der Waals surface area (Å²) in [6.07, 6.45) is 0.780. The molecular weight excluding hydrogens is 704 g/mol. The molecule has 226 valence electrons. The molecule has 12 heteroatoms. The van der Waals surface area contributed by atoms with Crippen molar-refractivity contribution in [1.29, 1.82) is 0 Å². The van der Waals surface area contributed by atoms with Crippen LogP contribution in [0.1, 0.15) is 46.9 Å². The Morgan fingerprint density at radius 3 is 2.44 bits per heavy atom. The minimum atomic E-state index is -0.774. The second kappa shape index (κ2) is 13.9. The van der Waals surface area contributed by atoms with Crippen LogP contribution in [0.4, 0.5) is 11.4 Å². The molecule has 43 heavy (non-hydrogen) atoms. The maximum Gasteiger partial charge on any atom is 0.276 e. The molecular formula is C31H32Cl2IN5O4. The molecule has 1 saturated heterocycles. The maximum absolute atomic E-state index is 14.5. The molecule has 5 rings (SSSR count). The topological polar surface area (TPSA) is 91.5 Å². The normalized spacial score (nSPS) is 18.5. The summed E-state index contributed by atoms with van der Waals surface area (Å²) in [4.78, 5) is 37.4. The molecule has 3 aromatic carbocycles. The number of ether oxygens (including phenoxy) is 1. The first-order valence-electron chi connectivity index (χ1n) is 14.1. The lowest BCUT2D eigenvalue weighted by molar-refractivity contribution is -0.385. The molecule has 2 aliphatic heterocycles. The van der Waals surface area contributed by atoms with Crippen LogP contribution in [-0.4, -0.2) is 77.8 Å². The Bertz CT molecular complexity index is 1530. The molecule has 3 aromatic rings. The molecule has 2 heterocycles. The number of amides is 1. The minimum Gasteiger partial charge on any atom is -0.479 e. The summed E-state index contributed by atoms with van der Waals surface area (Å²) < 4.78 is 7.32. The Hall–Kier alpha value is -2.77. The maximum atomic E-state index is 14.5. The number of benzene rings is 3. The first-order valence-corrected chi connectivity index (χ1v) is 15.9. The van der Waals surface area contributed by atoms with Crippen LogP contribution in [-0.2, 0) is 4.74 Å². The van der Waals surface area contributed by atoms with E-state index in [1.165, 1.54) is 6.07 Å². The number of likely N-dealkylation sites (N-methyl/N-ethyl adjacent to an activating group) is 1. The molecule has 2 atom stereocenters. The SMILES string of the molecule is C[C@H](c1ccc(Cl)cc1[N+](=O)[O-])N1C(=O)c2cc(I)ccc2N=C(OCCCN2CCN(C)CC2)[C@@H]1c1ccc(Cl)cc1. The van der Waals surface area contributed by atoms with Crippen molar-refractivity contribution in [2.24, 2.45) is 4.99 Å². The summed E-state index contributed by atoms with van der Waals surface area (Å²) in [5.41, 5.74) is 1.79. The minimum absolute atomic E-state index is 0.165. The third-order valence-electron chi connectivity index (χ3n) is 7.87. The van der Waals surface area contributed by atoms with Gasteiger partial charge in [0.1, 0.15) is 6.04 Å². The summed E-state index contributed by atoms with van der Waals surface area (Å²) in [6, 6.07) is 15.6. The van der Waals surface area contributed by atoms with Gasteiger partial charge in [-0.1, -0.05) is 35.3 Å². The van der Waals surface area contributed by atoms with Crippen molar-refractivity contribution in [2.75, 3.05) is 46.4 Å². The highest BCUT2D eigenvalue weighted by atomic mass is 127. The number of halogens is 3. The summed E-state index contributed by atoms with van der Waals surface area (Å²) in [7, 11) is 2.13. The van der Waals surface area contributed by atoms with Crippen molar-refractivity contribution in [1.82, 2.24) is 14.7 Å². The Kier molecular flexibility index (Phi) is 10.2. The van der Waals surface area contributed by atoms with Crippen LogP contribution in [0.5, 0.6) is 0 Å². The number of nitro groups is 1. The standard InChI is InChI=1S/C31H32Cl2IN5O4/c1-20(25-10-8-23(33)18-28(25)39(41)42)38-29(21-4-6-22(32)7-5-21)30(35-27-11-9-24(34)19-26(27)31(38)40)43-17-3-12-37-15-13-36(2)14-16-37/h4-11,18-20,29H,3,12-17H2,1-2H3/t20-,29+/m1/s1. The van der Waals surface area contributed by atoms with Crippen molar-refractivity contribution in [3.8, 4) is 0 Å². The van der Waals surface area contributed by atoms with Gasteiger partial charge >= 0.3 is 0 Å². The average Bonchev–Trinajstić information content (AvgIpc) is 3.10. The Morgan fingerprint density at radius 1 is 1.05 bits per heavy atom. The highest BCUT2D eigenvalue weighted by Crippen LogP contribution is 2.42. The fraction of sp³-hybridized carbons (Fsp3) is 0.355. The molecule has 0 bridgehead atoms. The van der Waals surface area contributed by atoms with Gasteiger partial charge in [-0.2, -0.15) is 0 Å². The Balaban J connectivity index is 1.56. The van der Waals surface area contributed by atoms with E-state index in [0.29, 0.717) is 34.3 Å². The van der Waals surface area contributed by atoms with E-state index < -0.39 is 17.0 Å². The predicted molar refractivity (Wildman–Crippen MR) is 178 cm³/mol. The van der Waals surface area contributed by atoms with Crippen LogP contribution in [0.15, 0.2) is 65.7 Å². The number of aliphatic imine (C=N–C) groups is 1. The number of nitro benzene ring substituents is 1. The molecule has 2 aliphatic rings. The molecule has 0 spiro atoms. The molecule has 0 radical (unpaired) electrons. The van der Waals surface area contributed by atoms with E-state index in [2.05, 4.69) is 39.4 Å². The third-order valence-corrected chi connectivity index (χ3v) is 9.03. The van der Waals surface area contributed by atoms with Crippen molar-refractivity contribution < 1.29 is 14.5 Å². The van der Waals surface area contributed by atoms with Crippen LogP contribution >= 0.6 is 45.8 Å². The van der Waals surface area contributed by atoms with Gasteiger partial charge in [0, 0.05) is 52.4 Å². The number of nitrogens with zero attached hydrogens (tertiary/aromatic N) is 5. The smallest absolute Gasteiger partial charge is 0.276 e. The van der Waals surface area contributed by atoms with E-state index in [-0.39, 0.29) is 16.6 Å². The quantitative estimate of drug-likeness (QED) is 0.106. The average molecular weight is 736 g/mol. The number of hydrogen-bond donors (Lipinski definition) is 0. The van der Waals surface area contributed by atoms with Gasteiger partial charge in [0.2, 0.25) is 5.90 Å². The van der Waals surface area contributed by atoms with Crippen molar-refractivity contribution in [3.63, 3.8) is 0 Å². The molecule has 0 saturated carbocycles. The lowest BCUT2D eigenvalue weighted by Gasteiger charge is -2.36. The monoisotopic (exact) mass is 735 g/mol. The van der Waals surface area contributed by atoms with Crippen LogP contribution in [0.25, 0.3) is 0 Å². The molecule has 0 aromatic heterocycles. The van der Waals surface area contributed by atoms with Crippen LogP contribution in [0, 0.1) is 13.7 Å². The van der Waals surface area contributed by atoms with Gasteiger partial charge in [0.15, 0.2) is 0 Å². The zero-order chi connectivity index (χ0) is 30.7. The first kappa shape index (κ1) is 31.6. The van der Waals surface area contributed by atoms with Gasteiger partial charge < -0.3 is 19.4 Å². The van der Waals surface area contributed by atoms with Gasteiger partial charge in [-0.3, -0.25) is 14.9 Å². The van der Waals surface area contributed by atoms with E-state index in [1.807, 2.05) is 18.2 Å². The van der Waals surface area contributed by atoms with Crippen LogP contribution in [0.3, 0.4) is 0 Å². The van der Waals surface area contributed by atoms with Crippen molar-refractivity contribution >= 4 is 69.0 Å². The number of hydrogen-bond acceptors (Lipinski definition) is 7. The van der Waals surface area contributed by atoms with E-state index in [9.17, 15) is 14.9 Å². The van der Waals surface area contributed by atoms with Crippen molar-refractivity contribution in [3.05, 3.63) is 101 Å². The summed E-state index contributed by atoms with van der Waals surface area (Å²) in [5, 5.41) is 12.9. The number of fused-ring (bicyclic) bond motifs is 1. The Morgan fingerprint density at radius 2 is 1.74 bits per heavy atom. The molecule has 0 aliphatic carbocycles. The fourth-order valence-electron chi connectivity index (χ4n) is 5.51. The largest absolute Gasteiger partial charge is 0.479 e. The van der Waals surface area contributed by atoms with E-state index in [0.717, 1.165) is 48.3 Å². The van der Waals surface area contributed by atoms with Gasteiger partial charge in [0.05, 0.1) is 34.4 Å². The predicted octanol–water partition coefficient (Wildman–Crippen LogP) is 7.15. The summed E-state index contributed by atoms with van der Waals surface area (Å²) >= 11 is 14.6. The van der Waals surface area contributed by atoms with Crippen molar-refractivity contribution in [2.45, 2.75) is 25.4 Å². The van der Waals surface area contributed by atoms with Gasteiger partial charge in [-0.25, -0.2) is 4.99 Å². The third kappa shape index (κ3) is 7.31. The van der Waals surface area contributed by atoms with Crippen LogP contribution in [0.2, 0.25) is 10.0 Å². The fourth-order valence-corrected chi connectivity index (χ4v) is 6.29. The van der Waals surface area contributed by atoms with Gasteiger partial charge in [0.25, 0.3) is 11.6 Å². The molecule has 1 amide bonds. The number of rotatable bonds is 8. The van der Waals surface area contributed by atoms with E-state index >= 15 is 0 Å². The number of piperazine rings is 1. The highest BCUT2D eigenvalue weighted by Gasteiger charge is 2.40. The highest BCUT2D eigenvalue weighted by molar-refractivity contribution is 14.1. The second-order valence-electron chi connectivity index (χ2n) is 10.8. The molecule has 1 fully saturated rings.